The summed E-state index contributed by atoms with van der Waals surface area (Å²) in [6, 6.07) is 3.93. The van der Waals surface area contributed by atoms with Gasteiger partial charge in [-0.3, -0.25) is 19.2 Å². The number of benzene rings is 1. The lowest BCUT2D eigenvalue weighted by atomic mass is 10.1. The first-order valence-electron chi connectivity index (χ1n) is 10.4. The molecule has 0 aliphatic heterocycles. The zero-order valence-electron chi connectivity index (χ0n) is 18.7. The van der Waals surface area contributed by atoms with Crippen molar-refractivity contribution in [2.75, 3.05) is 18.6 Å². The standard InChI is InChI=1S/C21H31N5O7S/c1-34-8-7-14(24-18(29)13(22)9-12-5-3-2-4-6-12)19(30)25-15(10-17(23)28)20(31)26-16(11-27)21(32)33/h2-6,13-16,27H,7-11,22H2,1H3,(H2,23,28)(H,24,29)(H,25,30)(H,26,31)(H,32,33). The van der Waals surface area contributed by atoms with Crippen molar-refractivity contribution in [3.63, 3.8) is 0 Å². The molecule has 12 nitrogen and oxygen atoms in total. The number of nitrogens with two attached hydrogens (primary N) is 2. The summed E-state index contributed by atoms with van der Waals surface area (Å²) in [5, 5.41) is 25.0. The Morgan fingerprint density at radius 3 is 2.03 bits per heavy atom. The van der Waals surface area contributed by atoms with Gasteiger partial charge in [0.25, 0.3) is 0 Å². The Hall–Kier alpha value is -3.16. The number of hydrogen-bond donors (Lipinski definition) is 7. The smallest absolute Gasteiger partial charge is 0.328 e. The topological polar surface area (TPSA) is 214 Å². The van der Waals surface area contributed by atoms with Crippen LogP contribution in [0.4, 0.5) is 0 Å². The molecule has 0 aliphatic rings. The number of hydrogen-bond acceptors (Lipinski definition) is 8. The van der Waals surface area contributed by atoms with Crippen LogP contribution in [0.3, 0.4) is 0 Å². The second kappa shape index (κ2) is 14.9. The van der Waals surface area contributed by atoms with Crippen molar-refractivity contribution >= 4 is 41.4 Å². The molecule has 9 N–H and O–H groups in total. The molecule has 0 saturated carbocycles. The van der Waals surface area contributed by atoms with Crippen molar-refractivity contribution in [2.45, 2.75) is 43.4 Å². The largest absolute Gasteiger partial charge is 0.480 e. The van der Waals surface area contributed by atoms with E-state index in [0.29, 0.717) is 5.75 Å². The Morgan fingerprint density at radius 1 is 0.941 bits per heavy atom. The van der Waals surface area contributed by atoms with Gasteiger partial charge in [-0.15, -0.1) is 0 Å². The molecule has 0 fully saturated rings. The highest BCUT2D eigenvalue weighted by Crippen LogP contribution is 2.06. The van der Waals surface area contributed by atoms with Crippen LogP contribution >= 0.6 is 11.8 Å². The third-order valence-corrected chi connectivity index (χ3v) is 5.36. The lowest BCUT2D eigenvalue weighted by molar-refractivity contribution is -0.143. The summed E-state index contributed by atoms with van der Waals surface area (Å²) in [4.78, 5) is 60.4. The Labute approximate surface area is 201 Å². The Balaban J connectivity index is 2.91. The number of carbonyl (C=O) groups excluding carboxylic acids is 4. The summed E-state index contributed by atoms with van der Waals surface area (Å²) in [5.74, 6) is -4.31. The minimum absolute atomic E-state index is 0.204. The van der Waals surface area contributed by atoms with Gasteiger partial charge in [-0.25, -0.2) is 4.79 Å². The lowest BCUT2D eigenvalue weighted by Crippen LogP contribution is -2.58. The number of nitrogens with one attached hydrogen (secondary N) is 3. The van der Waals surface area contributed by atoms with Gasteiger partial charge in [-0.1, -0.05) is 30.3 Å². The van der Waals surface area contributed by atoms with Crippen molar-refractivity contribution in [1.29, 1.82) is 0 Å². The van der Waals surface area contributed by atoms with E-state index in [-0.39, 0.29) is 12.8 Å². The average molecular weight is 498 g/mol. The fraction of sp³-hybridized carbons (Fsp3) is 0.476. The predicted octanol–water partition coefficient (Wildman–Crippen LogP) is -2.28. The number of aliphatic hydroxyl groups excluding tert-OH is 1. The molecule has 188 valence electrons. The molecular formula is C21H31N5O7S. The van der Waals surface area contributed by atoms with Crippen LogP contribution in [0, 0.1) is 0 Å². The summed E-state index contributed by atoms with van der Waals surface area (Å²) in [7, 11) is 0. The maximum absolute atomic E-state index is 12.9. The van der Waals surface area contributed by atoms with Crippen LogP contribution in [0.25, 0.3) is 0 Å². The van der Waals surface area contributed by atoms with Crippen molar-refractivity contribution < 1.29 is 34.2 Å². The number of primary amides is 1. The van der Waals surface area contributed by atoms with E-state index in [0.717, 1.165) is 5.56 Å². The maximum Gasteiger partial charge on any atom is 0.328 e. The average Bonchev–Trinajstić information content (AvgIpc) is 2.79. The number of aliphatic hydroxyl groups is 1. The molecule has 0 saturated heterocycles. The molecule has 1 rings (SSSR count). The van der Waals surface area contributed by atoms with Gasteiger partial charge in [0.15, 0.2) is 0 Å². The van der Waals surface area contributed by atoms with Gasteiger partial charge < -0.3 is 37.6 Å². The first-order valence-corrected chi connectivity index (χ1v) is 11.8. The molecule has 4 amide bonds. The van der Waals surface area contributed by atoms with Gasteiger partial charge in [0.2, 0.25) is 23.6 Å². The van der Waals surface area contributed by atoms with Gasteiger partial charge in [0.1, 0.15) is 18.1 Å². The molecule has 1 aromatic carbocycles. The van der Waals surface area contributed by atoms with Crippen LogP contribution in [-0.4, -0.2) is 82.6 Å². The van der Waals surface area contributed by atoms with Crippen LogP contribution in [-0.2, 0) is 30.4 Å². The molecule has 4 unspecified atom stereocenters. The minimum atomic E-state index is -1.64. The van der Waals surface area contributed by atoms with E-state index in [1.807, 2.05) is 41.9 Å². The van der Waals surface area contributed by atoms with E-state index >= 15 is 0 Å². The second-order valence-electron chi connectivity index (χ2n) is 7.45. The number of amides is 4. The van der Waals surface area contributed by atoms with E-state index < -0.39 is 66.8 Å². The number of carboxylic acids is 1. The first kappa shape index (κ1) is 28.9. The van der Waals surface area contributed by atoms with Crippen molar-refractivity contribution in [1.82, 2.24) is 16.0 Å². The molecule has 0 aromatic heterocycles. The van der Waals surface area contributed by atoms with Gasteiger partial charge in [-0.2, -0.15) is 11.8 Å². The highest BCUT2D eigenvalue weighted by Gasteiger charge is 2.31. The van der Waals surface area contributed by atoms with Crippen LogP contribution in [0.2, 0.25) is 0 Å². The van der Waals surface area contributed by atoms with E-state index in [1.165, 1.54) is 11.8 Å². The van der Waals surface area contributed by atoms with Crippen LogP contribution in [0.5, 0.6) is 0 Å². The molecule has 0 heterocycles. The van der Waals surface area contributed by atoms with E-state index in [2.05, 4.69) is 10.6 Å². The van der Waals surface area contributed by atoms with Gasteiger partial charge in [0, 0.05) is 0 Å². The summed E-state index contributed by atoms with van der Waals surface area (Å²) in [5.41, 5.74) is 12.0. The molecule has 0 bridgehead atoms. The third-order valence-electron chi connectivity index (χ3n) is 4.71. The van der Waals surface area contributed by atoms with Gasteiger partial charge in [-0.05, 0) is 30.4 Å². The molecule has 34 heavy (non-hydrogen) atoms. The quantitative estimate of drug-likeness (QED) is 0.139. The Morgan fingerprint density at radius 2 is 1.50 bits per heavy atom. The molecule has 1 aromatic rings. The van der Waals surface area contributed by atoms with Crippen LogP contribution < -0.4 is 27.4 Å². The molecule has 0 spiro atoms. The van der Waals surface area contributed by atoms with Gasteiger partial charge in [0.05, 0.1) is 19.1 Å². The Bertz CT molecular complexity index is 855. The number of rotatable bonds is 15. The summed E-state index contributed by atoms with van der Waals surface area (Å²) < 4.78 is 0. The normalized spacial score (nSPS) is 14.2. The third kappa shape index (κ3) is 10.2. The number of aliphatic carboxylic acids is 1. The van der Waals surface area contributed by atoms with E-state index in [9.17, 15) is 24.0 Å². The summed E-state index contributed by atoms with van der Waals surface area (Å²) >= 11 is 1.43. The molecular weight excluding hydrogens is 466 g/mol. The number of carboxylic acid groups (broad SMARTS) is 1. The first-order chi connectivity index (χ1) is 16.1. The highest BCUT2D eigenvalue weighted by atomic mass is 32.2. The van der Waals surface area contributed by atoms with Crippen molar-refractivity contribution in [2.24, 2.45) is 11.5 Å². The minimum Gasteiger partial charge on any atom is -0.480 e. The fourth-order valence-corrected chi connectivity index (χ4v) is 3.36. The summed E-state index contributed by atoms with van der Waals surface area (Å²) in [6.07, 6.45) is 1.64. The molecule has 0 radical (unpaired) electrons. The van der Waals surface area contributed by atoms with Crippen LogP contribution in [0.1, 0.15) is 18.4 Å². The van der Waals surface area contributed by atoms with Gasteiger partial charge >= 0.3 is 5.97 Å². The maximum atomic E-state index is 12.9. The molecule has 0 aliphatic carbocycles. The fourth-order valence-electron chi connectivity index (χ4n) is 2.88. The van der Waals surface area contributed by atoms with E-state index in [4.69, 9.17) is 21.7 Å². The SMILES string of the molecule is CSCCC(NC(=O)C(N)Cc1ccccc1)C(=O)NC(CC(N)=O)C(=O)NC(CO)C(=O)O. The van der Waals surface area contributed by atoms with E-state index in [1.54, 1.807) is 0 Å². The monoisotopic (exact) mass is 497 g/mol. The molecule has 13 heteroatoms. The predicted molar refractivity (Wildman–Crippen MR) is 125 cm³/mol. The highest BCUT2D eigenvalue weighted by molar-refractivity contribution is 7.98. The lowest BCUT2D eigenvalue weighted by Gasteiger charge is -2.24. The number of thioether (sulfide) groups is 1. The summed E-state index contributed by atoms with van der Waals surface area (Å²) in [6.45, 7) is -0.899. The number of carbonyl (C=O) groups is 5. The molecule has 4 atom stereocenters. The van der Waals surface area contributed by atoms with Crippen molar-refractivity contribution in [3.05, 3.63) is 35.9 Å². The van der Waals surface area contributed by atoms with Crippen molar-refractivity contribution in [3.8, 4) is 0 Å². The van der Waals surface area contributed by atoms with Crippen LogP contribution in [0.15, 0.2) is 30.3 Å². The Kier molecular flexibility index (Phi) is 12.6. The zero-order chi connectivity index (χ0) is 25.7. The zero-order valence-corrected chi connectivity index (χ0v) is 19.5. The second-order valence-corrected chi connectivity index (χ2v) is 8.44.